The molecule has 3 aromatic heterocycles. The van der Waals surface area contributed by atoms with Gasteiger partial charge in [0.05, 0.1) is 15.6 Å². The number of aromatic nitrogens is 4. The Balaban J connectivity index is 1.65. The number of nitrogens with zero attached hydrogens (tertiary/aromatic N) is 4. The first kappa shape index (κ1) is 21.3. The summed E-state index contributed by atoms with van der Waals surface area (Å²) in [7, 11) is 0. The van der Waals surface area contributed by atoms with Crippen LogP contribution in [0.1, 0.15) is 11.1 Å². The van der Waals surface area contributed by atoms with E-state index >= 15 is 0 Å². The second kappa shape index (κ2) is 7.98. The van der Waals surface area contributed by atoms with Gasteiger partial charge in [-0.15, -0.1) is 10.2 Å². The fourth-order valence-corrected chi connectivity index (χ4v) is 4.21. The zero-order chi connectivity index (χ0) is 22.3. The maximum atomic E-state index is 13.0. The van der Waals surface area contributed by atoms with Gasteiger partial charge in [0.25, 0.3) is 0 Å². The van der Waals surface area contributed by atoms with Crippen molar-refractivity contribution in [2.45, 2.75) is 12.7 Å². The van der Waals surface area contributed by atoms with Gasteiger partial charge in [-0.2, -0.15) is 13.2 Å². The summed E-state index contributed by atoms with van der Waals surface area (Å²) >= 11 is 13.4. The lowest BCUT2D eigenvalue weighted by molar-refractivity contribution is -0.137. The molecule has 0 aliphatic carbocycles. The van der Waals surface area contributed by atoms with Gasteiger partial charge in [-0.3, -0.25) is 0 Å². The first-order chi connectivity index (χ1) is 14.6. The number of alkyl halides is 3. The Morgan fingerprint density at radius 2 is 1.87 bits per heavy atom. The van der Waals surface area contributed by atoms with Crippen molar-refractivity contribution in [2.75, 3.05) is 0 Å². The summed E-state index contributed by atoms with van der Waals surface area (Å²) in [4.78, 5) is 14.9. The van der Waals surface area contributed by atoms with Crippen LogP contribution in [0.4, 0.5) is 18.0 Å². The number of pyridine rings is 1. The highest BCUT2D eigenvalue weighted by Crippen LogP contribution is 2.36. The van der Waals surface area contributed by atoms with E-state index in [0.29, 0.717) is 31.9 Å². The molecule has 7 nitrogen and oxygen atoms in total. The lowest BCUT2D eigenvalue weighted by atomic mass is 10.1. The predicted octanol–water partition coefficient (Wildman–Crippen LogP) is 5.61. The lowest BCUT2D eigenvalue weighted by Crippen LogP contribution is -2.19. The summed E-state index contributed by atoms with van der Waals surface area (Å²) in [6.07, 6.45) is -3.39. The van der Waals surface area contributed by atoms with Gasteiger partial charge in [0.2, 0.25) is 0 Å². The SMILES string of the molecule is O=C(O)NCc1ccc(-c2nnc(-c3cn4cc(C(F)(F)F)cc(Cl)c4n3)s2)c(Cl)c1. The van der Waals surface area contributed by atoms with Gasteiger partial charge >= 0.3 is 12.3 Å². The minimum absolute atomic E-state index is 0.0959. The molecular weight excluding hydrogens is 478 g/mol. The van der Waals surface area contributed by atoms with Crippen LogP contribution in [-0.4, -0.2) is 30.8 Å². The minimum Gasteiger partial charge on any atom is -0.465 e. The van der Waals surface area contributed by atoms with Crippen molar-refractivity contribution in [1.29, 1.82) is 0 Å². The fourth-order valence-electron chi connectivity index (χ4n) is 2.77. The van der Waals surface area contributed by atoms with Crippen molar-refractivity contribution >= 4 is 46.3 Å². The molecule has 0 atom stereocenters. The minimum atomic E-state index is -4.54. The van der Waals surface area contributed by atoms with Crippen molar-refractivity contribution in [3.63, 3.8) is 0 Å². The summed E-state index contributed by atoms with van der Waals surface area (Å²) in [5.74, 6) is 0. The van der Waals surface area contributed by atoms with E-state index in [9.17, 15) is 18.0 Å². The Hall–Kier alpha value is -2.89. The van der Waals surface area contributed by atoms with Gasteiger partial charge in [0.15, 0.2) is 10.7 Å². The maximum absolute atomic E-state index is 13.0. The number of carboxylic acid groups (broad SMARTS) is 1. The summed E-state index contributed by atoms with van der Waals surface area (Å²) in [6, 6.07) is 5.81. The number of fused-ring (bicyclic) bond motifs is 1. The fraction of sp³-hybridized carbons (Fsp3) is 0.111. The van der Waals surface area contributed by atoms with Gasteiger partial charge in [0, 0.05) is 24.5 Å². The molecule has 0 aliphatic rings. The van der Waals surface area contributed by atoms with E-state index < -0.39 is 17.8 Å². The molecule has 0 radical (unpaired) electrons. The first-order valence-corrected chi connectivity index (χ1v) is 10.0. The topological polar surface area (TPSA) is 92.4 Å². The Bertz CT molecular complexity index is 1310. The molecule has 3 heterocycles. The average Bonchev–Trinajstić information content (AvgIpc) is 3.32. The molecule has 2 N–H and O–H groups in total. The molecule has 0 fully saturated rings. The van der Waals surface area contributed by atoms with E-state index in [1.807, 2.05) is 0 Å². The van der Waals surface area contributed by atoms with Crippen LogP contribution in [-0.2, 0) is 12.7 Å². The van der Waals surface area contributed by atoms with Gasteiger partial charge in [-0.05, 0) is 17.7 Å². The Morgan fingerprint density at radius 1 is 1.13 bits per heavy atom. The zero-order valence-corrected chi connectivity index (χ0v) is 17.4. The normalized spacial score (nSPS) is 11.8. The third-order valence-corrected chi connectivity index (χ3v) is 5.76. The summed E-state index contributed by atoms with van der Waals surface area (Å²) < 4.78 is 40.2. The number of hydrogen-bond acceptors (Lipinski definition) is 5. The van der Waals surface area contributed by atoms with Crippen LogP contribution in [0.5, 0.6) is 0 Å². The number of imidazole rings is 1. The molecule has 13 heteroatoms. The van der Waals surface area contributed by atoms with Crippen LogP contribution >= 0.6 is 34.5 Å². The molecule has 1 amide bonds. The van der Waals surface area contributed by atoms with Crippen LogP contribution in [0.15, 0.2) is 36.7 Å². The van der Waals surface area contributed by atoms with E-state index in [-0.39, 0.29) is 17.2 Å². The van der Waals surface area contributed by atoms with E-state index in [1.165, 1.54) is 10.6 Å². The van der Waals surface area contributed by atoms with Crippen LogP contribution in [0.3, 0.4) is 0 Å². The van der Waals surface area contributed by atoms with Crippen molar-refractivity contribution in [2.24, 2.45) is 0 Å². The van der Waals surface area contributed by atoms with Gasteiger partial charge in [0.1, 0.15) is 10.7 Å². The van der Waals surface area contributed by atoms with Crippen molar-refractivity contribution in [3.8, 4) is 21.3 Å². The third kappa shape index (κ3) is 4.43. The van der Waals surface area contributed by atoms with E-state index in [0.717, 1.165) is 23.6 Å². The van der Waals surface area contributed by atoms with Crippen molar-refractivity contribution in [1.82, 2.24) is 24.9 Å². The quantitative estimate of drug-likeness (QED) is 0.390. The molecule has 4 rings (SSSR count). The second-order valence-corrected chi connectivity index (χ2v) is 8.11. The van der Waals surface area contributed by atoms with Crippen molar-refractivity contribution in [3.05, 3.63) is 57.8 Å². The third-order valence-electron chi connectivity index (χ3n) is 4.19. The number of rotatable bonds is 4. The smallest absolute Gasteiger partial charge is 0.417 e. The van der Waals surface area contributed by atoms with Crippen LogP contribution in [0, 0.1) is 0 Å². The Labute approximate surface area is 186 Å². The Morgan fingerprint density at radius 3 is 2.55 bits per heavy atom. The molecule has 31 heavy (non-hydrogen) atoms. The monoisotopic (exact) mass is 487 g/mol. The molecular formula is C18H10Cl2F3N5O2S. The maximum Gasteiger partial charge on any atom is 0.417 e. The van der Waals surface area contributed by atoms with Gasteiger partial charge < -0.3 is 14.8 Å². The summed E-state index contributed by atoms with van der Waals surface area (Å²) in [5.41, 5.74) is 0.816. The molecule has 0 unspecified atom stereocenters. The van der Waals surface area contributed by atoms with Gasteiger partial charge in [-0.25, -0.2) is 9.78 Å². The highest BCUT2D eigenvalue weighted by atomic mass is 35.5. The number of halogens is 5. The first-order valence-electron chi connectivity index (χ1n) is 8.47. The largest absolute Gasteiger partial charge is 0.465 e. The van der Waals surface area contributed by atoms with E-state index in [4.69, 9.17) is 28.3 Å². The molecule has 0 saturated carbocycles. The molecule has 0 aliphatic heterocycles. The molecule has 0 saturated heterocycles. The number of amides is 1. The number of carbonyl (C=O) groups is 1. The number of hydrogen-bond donors (Lipinski definition) is 2. The second-order valence-electron chi connectivity index (χ2n) is 6.32. The van der Waals surface area contributed by atoms with Crippen LogP contribution in [0.2, 0.25) is 10.0 Å². The highest BCUT2D eigenvalue weighted by Gasteiger charge is 2.32. The van der Waals surface area contributed by atoms with Crippen LogP contribution < -0.4 is 5.32 Å². The molecule has 160 valence electrons. The average molecular weight is 488 g/mol. The predicted molar refractivity (Wildman–Crippen MR) is 109 cm³/mol. The summed E-state index contributed by atoms with van der Waals surface area (Å²) in [5, 5.41) is 20.1. The number of benzene rings is 1. The van der Waals surface area contributed by atoms with Gasteiger partial charge in [-0.1, -0.05) is 46.7 Å². The van der Waals surface area contributed by atoms with Crippen molar-refractivity contribution < 1.29 is 23.1 Å². The standard InChI is InChI=1S/C18H10Cl2F3N5O2S/c19-11-3-8(5-24-17(29)30)1-2-10(11)15-26-27-16(31-15)13-7-28-6-9(18(21,22)23)4-12(20)14(28)25-13/h1-4,6-7,24H,5H2,(H,29,30). The lowest BCUT2D eigenvalue weighted by Gasteiger charge is -2.07. The molecule has 4 aromatic rings. The molecule has 0 spiro atoms. The zero-order valence-electron chi connectivity index (χ0n) is 15.1. The van der Waals surface area contributed by atoms with E-state index in [1.54, 1.807) is 18.2 Å². The Kier molecular flexibility index (Phi) is 5.50. The summed E-state index contributed by atoms with van der Waals surface area (Å²) in [6.45, 7) is 0.0959. The number of nitrogens with one attached hydrogen (secondary N) is 1. The van der Waals surface area contributed by atoms with Crippen LogP contribution in [0.25, 0.3) is 26.9 Å². The highest BCUT2D eigenvalue weighted by molar-refractivity contribution is 7.18. The molecule has 1 aromatic carbocycles. The van der Waals surface area contributed by atoms with E-state index in [2.05, 4.69) is 20.5 Å². The molecule has 0 bridgehead atoms.